The third-order valence-corrected chi connectivity index (χ3v) is 5.80. The molecule has 0 unspecified atom stereocenters. The lowest BCUT2D eigenvalue weighted by atomic mass is 10.1. The molecule has 3 rings (SSSR count). The second-order valence-corrected chi connectivity index (χ2v) is 9.31. The van der Waals surface area contributed by atoms with Gasteiger partial charge >= 0.3 is 16.3 Å². The van der Waals surface area contributed by atoms with Crippen LogP contribution in [-0.2, 0) is 22.8 Å². The molecule has 10 heteroatoms. The van der Waals surface area contributed by atoms with Crippen LogP contribution in [0, 0.1) is 5.92 Å². The molecule has 0 aliphatic heterocycles. The van der Waals surface area contributed by atoms with Gasteiger partial charge in [-0.1, -0.05) is 32.0 Å². The predicted octanol–water partition coefficient (Wildman–Crippen LogP) is 5.36. The molecule has 1 aromatic heterocycles. The summed E-state index contributed by atoms with van der Waals surface area (Å²) in [4.78, 5) is 13.7. The Bertz CT molecular complexity index is 1190. The SMILES string of the molecule is CC(C)CN(Cc1ccc(OS(=O)(=O)c2cccc(C(F)(F)F)c2)cc1)C(=O)c1ccco1. The molecule has 0 saturated carbocycles. The van der Waals surface area contributed by atoms with E-state index in [0.29, 0.717) is 18.2 Å². The second kappa shape index (κ2) is 9.70. The van der Waals surface area contributed by atoms with E-state index in [1.54, 1.807) is 29.2 Å². The number of furan rings is 1. The fraction of sp³-hybridized carbons (Fsp3) is 0.261. The average molecular weight is 481 g/mol. The molecular weight excluding hydrogens is 459 g/mol. The topological polar surface area (TPSA) is 76.8 Å². The number of halogens is 3. The van der Waals surface area contributed by atoms with Crippen molar-refractivity contribution >= 4 is 16.0 Å². The van der Waals surface area contributed by atoms with Crippen LogP contribution in [0.2, 0.25) is 0 Å². The van der Waals surface area contributed by atoms with Gasteiger partial charge in [-0.05, 0) is 53.9 Å². The third-order valence-electron chi connectivity index (χ3n) is 4.56. The molecule has 0 fully saturated rings. The van der Waals surface area contributed by atoms with E-state index in [1.165, 1.54) is 18.4 Å². The maximum atomic E-state index is 12.9. The number of rotatable bonds is 8. The van der Waals surface area contributed by atoms with Gasteiger partial charge in [-0.15, -0.1) is 0 Å². The predicted molar refractivity (Wildman–Crippen MR) is 114 cm³/mol. The highest BCUT2D eigenvalue weighted by atomic mass is 32.2. The van der Waals surface area contributed by atoms with Crippen LogP contribution in [-0.4, -0.2) is 25.8 Å². The van der Waals surface area contributed by atoms with E-state index in [9.17, 15) is 26.4 Å². The van der Waals surface area contributed by atoms with Gasteiger partial charge in [0.25, 0.3) is 5.91 Å². The Morgan fingerprint density at radius 3 is 2.33 bits per heavy atom. The number of alkyl halides is 3. The highest BCUT2D eigenvalue weighted by Crippen LogP contribution is 2.31. The van der Waals surface area contributed by atoms with E-state index in [4.69, 9.17) is 8.60 Å². The minimum atomic E-state index is -4.68. The van der Waals surface area contributed by atoms with E-state index in [-0.39, 0.29) is 29.9 Å². The van der Waals surface area contributed by atoms with Crippen LogP contribution in [0.1, 0.15) is 35.5 Å². The minimum Gasteiger partial charge on any atom is -0.459 e. The number of hydrogen-bond donors (Lipinski definition) is 0. The molecule has 0 atom stereocenters. The molecule has 2 aromatic carbocycles. The summed E-state index contributed by atoms with van der Waals surface area (Å²) in [6.45, 7) is 4.66. The van der Waals surface area contributed by atoms with Crippen molar-refractivity contribution < 1.29 is 35.0 Å². The standard InChI is InChI=1S/C23H22F3NO5S/c1-16(2)14-27(22(28)21-7-4-12-31-21)15-17-8-10-19(11-9-17)32-33(29,30)20-6-3-5-18(13-20)23(24,25)26/h3-13,16H,14-15H2,1-2H3. The lowest BCUT2D eigenvalue weighted by molar-refractivity contribution is -0.137. The van der Waals surface area contributed by atoms with Gasteiger partial charge in [0.15, 0.2) is 5.76 Å². The van der Waals surface area contributed by atoms with Crippen LogP contribution >= 0.6 is 0 Å². The summed E-state index contributed by atoms with van der Waals surface area (Å²) < 4.78 is 73.7. The summed E-state index contributed by atoms with van der Waals surface area (Å²) in [5.41, 5.74) is -0.381. The summed E-state index contributed by atoms with van der Waals surface area (Å²) in [6.07, 6.45) is -3.26. The third kappa shape index (κ3) is 6.38. The van der Waals surface area contributed by atoms with E-state index in [2.05, 4.69) is 0 Å². The Kier molecular flexibility index (Phi) is 7.16. The molecule has 6 nitrogen and oxygen atoms in total. The van der Waals surface area contributed by atoms with Gasteiger partial charge in [-0.25, -0.2) is 0 Å². The van der Waals surface area contributed by atoms with Crippen LogP contribution < -0.4 is 4.18 Å². The second-order valence-electron chi connectivity index (χ2n) is 7.76. The van der Waals surface area contributed by atoms with Crippen LogP contribution in [0.25, 0.3) is 0 Å². The number of carbonyl (C=O) groups is 1. The van der Waals surface area contributed by atoms with Gasteiger partial charge in [0.1, 0.15) is 10.6 Å². The molecule has 33 heavy (non-hydrogen) atoms. The number of carbonyl (C=O) groups excluding carboxylic acids is 1. The Hall–Kier alpha value is -3.27. The van der Waals surface area contributed by atoms with Gasteiger partial charge in [-0.3, -0.25) is 4.79 Å². The summed E-state index contributed by atoms with van der Waals surface area (Å²) in [5.74, 6) is 0.0667. The van der Waals surface area contributed by atoms with E-state index in [1.807, 2.05) is 13.8 Å². The minimum absolute atomic E-state index is 0.0658. The van der Waals surface area contributed by atoms with Crippen molar-refractivity contribution in [1.82, 2.24) is 4.90 Å². The summed E-state index contributed by atoms with van der Waals surface area (Å²) in [5, 5.41) is 0. The number of hydrogen-bond acceptors (Lipinski definition) is 5. The number of benzene rings is 2. The molecule has 0 bridgehead atoms. The number of amides is 1. The first kappa shape index (κ1) is 24.4. The van der Waals surface area contributed by atoms with Crippen LogP contribution in [0.4, 0.5) is 13.2 Å². The maximum Gasteiger partial charge on any atom is 0.416 e. The van der Waals surface area contributed by atoms with Gasteiger partial charge in [0.05, 0.1) is 11.8 Å². The Morgan fingerprint density at radius 1 is 1.06 bits per heavy atom. The molecule has 0 aliphatic carbocycles. The molecule has 0 radical (unpaired) electrons. The molecule has 176 valence electrons. The van der Waals surface area contributed by atoms with E-state index >= 15 is 0 Å². The fourth-order valence-corrected chi connectivity index (χ4v) is 4.07. The fourth-order valence-electron chi connectivity index (χ4n) is 3.09. The Labute approximate surface area is 189 Å². The highest BCUT2D eigenvalue weighted by molar-refractivity contribution is 7.87. The lowest BCUT2D eigenvalue weighted by Crippen LogP contribution is -2.33. The van der Waals surface area contributed by atoms with Gasteiger partial charge in [-0.2, -0.15) is 21.6 Å². The van der Waals surface area contributed by atoms with E-state index < -0.39 is 26.8 Å². The lowest BCUT2D eigenvalue weighted by Gasteiger charge is -2.24. The first-order chi connectivity index (χ1) is 15.5. The van der Waals surface area contributed by atoms with E-state index in [0.717, 1.165) is 18.2 Å². The van der Waals surface area contributed by atoms with Crippen LogP contribution in [0.5, 0.6) is 5.75 Å². The Balaban J connectivity index is 1.74. The Morgan fingerprint density at radius 2 is 1.76 bits per heavy atom. The van der Waals surface area contributed by atoms with Crippen molar-refractivity contribution in [3.8, 4) is 5.75 Å². The molecule has 1 amide bonds. The summed E-state index contributed by atoms with van der Waals surface area (Å²) in [6, 6.07) is 12.5. The quantitative estimate of drug-likeness (QED) is 0.405. The largest absolute Gasteiger partial charge is 0.459 e. The zero-order chi connectivity index (χ0) is 24.2. The summed E-state index contributed by atoms with van der Waals surface area (Å²) >= 11 is 0. The van der Waals surface area contributed by atoms with Crippen LogP contribution in [0.3, 0.4) is 0 Å². The van der Waals surface area contributed by atoms with Crippen molar-refractivity contribution in [2.45, 2.75) is 31.5 Å². The molecule has 1 heterocycles. The first-order valence-corrected chi connectivity index (χ1v) is 11.4. The van der Waals surface area contributed by atoms with Gasteiger partial charge in [0, 0.05) is 13.1 Å². The zero-order valence-corrected chi connectivity index (χ0v) is 18.7. The molecule has 0 saturated heterocycles. The molecular formula is C23H22F3NO5S. The van der Waals surface area contributed by atoms with Crippen LogP contribution in [0.15, 0.2) is 76.2 Å². The summed E-state index contributed by atoms with van der Waals surface area (Å²) in [7, 11) is -4.47. The van der Waals surface area contributed by atoms with Gasteiger partial charge < -0.3 is 13.5 Å². The number of nitrogens with zero attached hydrogens (tertiary/aromatic N) is 1. The normalized spacial score (nSPS) is 12.1. The smallest absolute Gasteiger partial charge is 0.416 e. The maximum absolute atomic E-state index is 12.9. The van der Waals surface area contributed by atoms with Crippen molar-refractivity contribution in [1.29, 1.82) is 0 Å². The molecule has 0 spiro atoms. The zero-order valence-electron chi connectivity index (χ0n) is 17.9. The molecule has 0 aliphatic rings. The molecule has 3 aromatic rings. The first-order valence-electron chi connectivity index (χ1n) is 9.99. The monoisotopic (exact) mass is 481 g/mol. The average Bonchev–Trinajstić information content (AvgIpc) is 3.28. The van der Waals surface area contributed by atoms with Crippen molar-refractivity contribution in [2.75, 3.05) is 6.54 Å². The molecule has 0 N–H and O–H groups in total. The van der Waals surface area contributed by atoms with Crippen molar-refractivity contribution in [3.05, 3.63) is 83.8 Å². The van der Waals surface area contributed by atoms with Crippen molar-refractivity contribution in [3.63, 3.8) is 0 Å². The van der Waals surface area contributed by atoms with Crippen molar-refractivity contribution in [2.24, 2.45) is 5.92 Å². The van der Waals surface area contributed by atoms with Gasteiger partial charge in [0.2, 0.25) is 0 Å². The highest BCUT2D eigenvalue weighted by Gasteiger charge is 2.32.